The number of amides is 1. The topological polar surface area (TPSA) is 64.3 Å². The molecule has 2 aromatic carbocycles. The first-order valence-electron chi connectivity index (χ1n) is 7.64. The van der Waals surface area contributed by atoms with Crippen molar-refractivity contribution in [2.75, 3.05) is 11.1 Å². The number of rotatable bonds is 2. The molecule has 0 heterocycles. The largest absolute Gasteiger partial charge is 0.444 e. The molecule has 0 aromatic heterocycles. The van der Waals surface area contributed by atoms with Crippen LogP contribution in [-0.4, -0.2) is 11.7 Å². The maximum atomic E-state index is 14.2. The van der Waals surface area contributed by atoms with Crippen LogP contribution in [0.4, 0.5) is 33.7 Å². The summed E-state index contributed by atoms with van der Waals surface area (Å²) in [6.07, 6.45) is -5.54. The van der Waals surface area contributed by atoms with E-state index in [-0.39, 0.29) is 22.5 Å². The number of benzene rings is 2. The SMILES string of the molecule is CC(C)(C)OC(=O)Nc1ccc(-c2cccc(C(F)(F)F)c2F)cc1N. The molecule has 4 nitrogen and oxygen atoms in total. The van der Waals surface area contributed by atoms with Crippen LogP contribution >= 0.6 is 0 Å². The number of alkyl halides is 3. The summed E-state index contributed by atoms with van der Waals surface area (Å²) in [5, 5.41) is 2.44. The Morgan fingerprint density at radius 2 is 1.77 bits per heavy atom. The lowest BCUT2D eigenvalue weighted by molar-refractivity contribution is -0.139. The van der Waals surface area contributed by atoms with Crippen molar-refractivity contribution in [3.05, 3.63) is 47.8 Å². The van der Waals surface area contributed by atoms with Crippen LogP contribution in [0.3, 0.4) is 0 Å². The van der Waals surface area contributed by atoms with E-state index in [0.29, 0.717) is 6.07 Å². The summed E-state index contributed by atoms with van der Waals surface area (Å²) in [6.45, 7) is 5.07. The maximum Gasteiger partial charge on any atom is 0.419 e. The Morgan fingerprint density at radius 1 is 1.12 bits per heavy atom. The molecule has 0 fully saturated rings. The van der Waals surface area contributed by atoms with E-state index in [1.807, 2.05) is 0 Å². The molecule has 0 aliphatic rings. The summed E-state index contributed by atoms with van der Waals surface area (Å²) < 4.78 is 57.8. The fourth-order valence-electron chi connectivity index (χ4n) is 2.23. The molecule has 1 amide bonds. The number of nitrogens with one attached hydrogen (secondary N) is 1. The van der Waals surface area contributed by atoms with Crippen LogP contribution in [0.15, 0.2) is 36.4 Å². The van der Waals surface area contributed by atoms with Gasteiger partial charge in [0.25, 0.3) is 0 Å². The first-order chi connectivity index (χ1) is 11.9. The van der Waals surface area contributed by atoms with Crippen molar-refractivity contribution in [2.45, 2.75) is 32.5 Å². The quantitative estimate of drug-likeness (QED) is 0.546. The molecule has 0 atom stereocenters. The zero-order valence-corrected chi connectivity index (χ0v) is 14.4. The van der Waals surface area contributed by atoms with E-state index < -0.39 is 29.3 Å². The van der Waals surface area contributed by atoms with Gasteiger partial charge in [0, 0.05) is 5.56 Å². The van der Waals surface area contributed by atoms with Gasteiger partial charge in [-0.1, -0.05) is 18.2 Å². The Labute approximate surface area is 148 Å². The number of nitrogen functional groups attached to an aromatic ring is 1. The molecule has 3 N–H and O–H groups in total. The van der Waals surface area contributed by atoms with E-state index in [1.54, 1.807) is 20.8 Å². The highest BCUT2D eigenvalue weighted by molar-refractivity contribution is 5.90. The van der Waals surface area contributed by atoms with Gasteiger partial charge in [-0.15, -0.1) is 0 Å². The Morgan fingerprint density at radius 3 is 2.31 bits per heavy atom. The molecule has 26 heavy (non-hydrogen) atoms. The van der Waals surface area contributed by atoms with Gasteiger partial charge in [-0.2, -0.15) is 13.2 Å². The Bertz CT molecular complexity index is 827. The van der Waals surface area contributed by atoms with Crippen molar-refractivity contribution in [1.82, 2.24) is 0 Å². The van der Waals surface area contributed by atoms with E-state index in [2.05, 4.69) is 5.32 Å². The first kappa shape index (κ1) is 19.6. The third-order valence-corrected chi connectivity index (χ3v) is 3.30. The molecule has 0 saturated carbocycles. The lowest BCUT2D eigenvalue weighted by Crippen LogP contribution is -2.27. The minimum atomic E-state index is -4.80. The highest BCUT2D eigenvalue weighted by atomic mass is 19.4. The molecular weight excluding hydrogens is 352 g/mol. The van der Waals surface area contributed by atoms with Crippen molar-refractivity contribution in [3.8, 4) is 11.1 Å². The van der Waals surface area contributed by atoms with Crippen LogP contribution in [-0.2, 0) is 10.9 Å². The minimum absolute atomic E-state index is 0.0603. The van der Waals surface area contributed by atoms with Crippen molar-refractivity contribution in [1.29, 1.82) is 0 Å². The number of anilines is 2. The van der Waals surface area contributed by atoms with Gasteiger partial charge in [0.15, 0.2) is 0 Å². The van der Waals surface area contributed by atoms with Crippen molar-refractivity contribution < 1.29 is 27.1 Å². The number of carbonyl (C=O) groups excluding carboxylic acids is 1. The van der Waals surface area contributed by atoms with Crippen molar-refractivity contribution >= 4 is 17.5 Å². The number of nitrogens with two attached hydrogens (primary N) is 1. The summed E-state index contributed by atoms with van der Waals surface area (Å²) in [5.41, 5.74) is 3.94. The highest BCUT2D eigenvalue weighted by Gasteiger charge is 2.35. The number of hydrogen-bond donors (Lipinski definition) is 2. The van der Waals surface area contributed by atoms with Crippen LogP contribution < -0.4 is 11.1 Å². The molecule has 2 aromatic rings. The fourth-order valence-corrected chi connectivity index (χ4v) is 2.23. The van der Waals surface area contributed by atoms with Gasteiger partial charge in [-0.3, -0.25) is 5.32 Å². The third-order valence-electron chi connectivity index (χ3n) is 3.30. The lowest BCUT2D eigenvalue weighted by Gasteiger charge is -2.20. The van der Waals surface area contributed by atoms with E-state index in [9.17, 15) is 22.4 Å². The number of carbonyl (C=O) groups is 1. The highest BCUT2D eigenvalue weighted by Crippen LogP contribution is 2.36. The monoisotopic (exact) mass is 370 g/mol. The van der Waals surface area contributed by atoms with E-state index in [0.717, 1.165) is 6.07 Å². The molecule has 0 saturated heterocycles. The molecule has 0 bridgehead atoms. The third kappa shape index (κ3) is 4.65. The van der Waals surface area contributed by atoms with Gasteiger partial charge in [0.1, 0.15) is 11.4 Å². The summed E-state index contributed by atoms with van der Waals surface area (Å²) in [5.74, 6) is -1.38. The van der Waals surface area contributed by atoms with Gasteiger partial charge < -0.3 is 10.5 Å². The molecule has 140 valence electrons. The number of ether oxygens (including phenoxy) is 1. The standard InChI is InChI=1S/C18H18F4N2O2/c1-17(2,3)26-16(25)24-14-8-7-10(9-13(14)23)11-5-4-6-12(15(11)19)18(20,21)22/h4-9H,23H2,1-3H3,(H,24,25). The normalized spacial score (nSPS) is 12.0. The van der Waals surface area contributed by atoms with Gasteiger partial charge in [0.05, 0.1) is 16.9 Å². The summed E-state index contributed by atoms with van der Waals surface area (Å²) in [6, 6.07) is 7.02. The molecule has 0 spiro atoms. The summed E-state index contributed by atoms with van der Waals surface area (Å²) >= 11 is 0. The Kier molecular flexibility index (Phi) is 5.16. The number of halogens is 4. The average Bonchev–Trinajstić information content (AvgIpc) is 2.46. The van der Waals surface area contributed by atoms with E-state index in [4.69, 9.17) is 10.5 Å². The van der Waals surface area contributed by atoms with Crippen LogP contribution in [0, 0.1) is 5.82 Å². The Hall–Kier alpha value is -2.77. The van der Waals surface area contributed by atoms with Crippen LogP contribution in [0.5, 0.6) is 0 Å². The first-order valence-corrected chi connectivity index (χ1v) is 7.64. The molecule has 0 aliphatic heterocycles. The molecule has 2 rings (SSSR count). The van der Waals surface area contributed by atoms with E-state index in [1.165, 1.54) is 24.3 Å². The lowest BCUT2D eigenvalue weighted by atomic mass is 10.0. The van der Waals surface area contributed by atoms with Crippen LogP contribution in [0.25, 0.3) is 11.1 Å². The zero-order valence-electron chi connectivity index (χ0n) is 14.4. The fraction of sp³-hybridized carbons (Fsp3) is 0.278. The molecular formula is C18H18F4N2O2. The molecule has 0 unspecified atom stereocenters. The van der Waals surface area contributed by atoms with Crippen LogP contribution in [0.2, 0.25) is 0 Å². The minimum Gasteiger partial charge on any atom is -0.444 e. The molecule has 8 heteroatoms. The second-order valence-corrected chi connectivity index (χ2v) is 6.59. The molecule has 0 aliphatic carbocycles. The average molecular weight is 370 g/mol. The molecule has 0 radical (unpaired) electrons. The van der Waals surface area contributed by atoms with Gasteiger partial charge in [-0.05, 0) is 44.5 Å². The van der Waals surface area contributed by atoms with Gasteiger partial charge >= 0.3 is 12.3 Å². The van der Waals surface area contributed by atoms with E-state index >= 15 is 0 Å². The zero-order chi connectivity index (χ0) is 19.7. The van der Waals surface area contributed by atoms with Crippen molar-refractivity contribution in [2.24, 2.45) is 0 Å². The predicted molar refractivity (Wildman–Crippen MR) is 91.1 cm³/mol. The summed E-state index contributed by atoms with van der Waals surface area (Å²) in [4.78, 5) is 11.8. The maximum absolute atomic E-state index is 14.2. The second kappa shape index (κ2) is 6.86. The Balaban J connectivity index is 2.32. The second-order valence-electron chi connectivity index (χ2n) is 6.59. The van der Waals surface area contributed by atoms with Gasteiger partial charge in [0.2, 0.25) is 0 Å². The summed E-state index contributed by atoms with van der Waals surface area (Å²) in [7, 11) is 0. The number of hydrogen-bond acceptors (Lipinski definition) is 3. The smallest absolute Gasteiger partial charge is 0.419 e. The van der Waals surface area contributed by atoms with Gasteiger partial charge in [-0.25, -0.2) is 9.18 Å². The van der Waals surface area contributed by atoms with Crippen molar-refractivity contribution in [3.63, 3.8) is 0 Å². The predicted octanol–water partition coefficient (Wildman–Crippen LogP) is 5.44. The van der Waals surface area contributed by atoms with Crippen LogP contribution in [0.1, 0.15) is 26.3 Å².